The van der Waals surface area contributed by atoms with Crippen molar-refractivity contribution in [1.82, 2.24) is 15.1 Å². The third kappa shape index (κ3) is 4.95. The normalized spacial score (nSPS) is 16.0. The maximum Gasteiger partial charge on any atom is 0.407 e. The number of nitrogens with zero attached hydrogens (tertiary/aromatic N) is 2. The molecule has 1 atom stereocenters. The second-order valence-corrected chi connectivity index (χ2v) is 6.19. The van der Waals surface area contributed by atoms with E-state index in [4.69, 9.17) is 0 Å². The van der Waals surface area contributed by atoms with Gasteiger partial charge in [0.15, 0.2) is 0 Å². The van der Waals surface area contributed by atoms with Gasteiger partial charge in [0.1, 0.15) is 6.04 Å². The molecular weight excluding hydrogens is 322 g/mol. The van der Waals surface area contributed by atoms with Crippen molar-refractivity contribution in [3.63, 3.8) is 0 Å². The van der Waals surface area contributed by atoms with Crippen LogP contribution in [0.3, 0.4) is 0 Å². The Morgan fingerprint density at radius 1 is 1.04 bits per heavy atom. The summed E-state index contributed by atoms with van der Waals surface area (Å²) >= 11 is 0. The molecule has 2 rings (SSSR count). The molecule has 3 amide bonds. The summed E-state index contributed by atoms with van der Waals surface area (Å²) in [6.07, 6.45) is 0.0701. The molecule has 0 aliphatic carbocycles. The lowest BCUT2D eigenvalue weighted by Crippen LogP contribution is -2.48. The molecule has 136 valence electrons. The molecule has 7 nitrogen and oxygen atoms in total. The zero-order valence-electron chi connectivity index (χ0n) is 14.9. The quantitative estimate of drug-likeness (QED) is 0.897. The van der Waals surface area contributed by atoms with Gasteiger partial charge in [-0.2, -0.15) is 0 Å². The Balaban J connectivity index is 1.95. The zero-order valence-corrected chi connectivity index (χ0v) is 14.9. The molecule has 1 fully saturated rings. The summed E-state index contributed by atoms with van der Waals surface area (Å²) < 4.78 is 4.52. The Bertz CT molecular complexity index is 630. The highest BCUT2D eigenvalue weighted by Crippen LogP contribution is 2.11. The first kappa shape index (κ1) is 18.8. The lowest BCUT2D eigenvalue weighted by atomic mass is 10.1. The molecule has 0 radical (unpaired) electrons. The summed E-state index contributed by atoms with van der Waals surface area (Å²) in [7, 11) is 1.26. The first-order chi connectivity index (χ1) is 11.9. The van der Waals surface area contributed by atoms with Gasteiger partial charge in [-0.15, -0.1) is 0 Å². The van der Waals surface area contributed by atoms with E-state index in [0.717, 1.165) is 5.56 Å². The summed E-state index contributed by atoms with van der Waals surface area (Å²) in [5.74, 6) is -0.190. The number of hydrogen-bond acceptors (Lipinski definition) is 4. The van der Waals surface area contributed by atoms with Crippen LogP contribution >= 0.6 is 0 Å². The van der Waals surface area contributed by atoms with Crippen LogP contribution in [0.25, 0.3) is 0 Å². The van der Waals surface area contributed by atoms with Gasteiger partial charge in [-0.25, -0.2) is 4.79 Å². The van der Waals surface area contributed by atoms with Gasteiger partial charge in [-0.1, -0.05) is 17.7 Å². The molecule has 1 N–H and O–H groups in total. The minimum atomic E-state index is -0.660. The van der Waals surface area contributed by atoms with Crippen molar-refractivity contribution in [2.45, 2.75) is 26.3 Å². The Morgan fingerprint density at radius 3 is 2.28 bits per heavy atom. The molecule has 0 saturated carbocycles. The first-order valence-corrected chi connectivity index (χ1v) is 8.41. The highest BCUT2D eigenvalue weighted by Gasteiger charge is 2.26. The average molecular weight is 347 g/mol. The molecular formula is C18H25N3O4. The van der Waals surface area contributed by atoms with Crippen LogP contribution < -0.4 is 5.32 Å². The van der Waals surface area contributed by atoms with Gasteiger partial charge < -0.3 is 19.9 Å². The van der Waals surface area contributed by atoms with Crippen LogP contribution in [0.4, 0.5) is 4.79 Å². The predicted molar refractivity (Wildman–Crippen MR) is 93.3 cm³/mol. The van der Waals surface area contributed by atoms with Gasteiger partial charge in [0, 0.05) is 31.7 Å². The topological polar surface area (TPSA) is 79.0 Å². The molecule has 1 aromatic rings. The van der Waals surface area contributed by atoms with E-state index in [9.17, 15) is 14.4 Å². The summed E-state index contributed by atoms with van der Waals surface area (Å²) in [4.78, 5) is 39.7. The van der Waals surface area contributed by atoms with Crippen LogP contribution in [0.15, 0.2) is 24.3 Å². The van der Waals surface area contributed by atoms with Crippen LogP contribution in [0.5, 0.6) is 0 Å². The molecule has 1 aliphatic heterocycles. The zero-order chi connectivity index (χ0) is 18.4. The van der Waals surface area contributed by atoms with Crippen LogP contribution in [-0.2, 0) is 9.53 Å². The molecule has 25 heavy (non-hydrogen) atoms. The van der Waals surface area contributed by atoms with Crippen LogP contribution in [0.1, 0.15) is 29.3 Å². The second kappa shape index (κ2) is 8.50. The number of ether oxygens (including phenoxy) is 1. The fourth-order valence-electron chi connectivity index (χ4n) is 2.79. The van der Waals surface area contributed by atoms with Crippen molar-refractivity contribution in [3.05, 3.63) is 35.4 Å². The molecule has 1 aromatic carbocycles. The van der Waals surface area contributed by atoms with Gasteiger partial charge in [-0.05, 0) is 32.4 Å². The van der Waals surface area contributed by atoms with Crippen LogP contribution in [0.2, 0.25) is 0 Å². The number of carbonyl (C=O) groups is 3. The van der Waals surface area contributed by atoms with Crippen molar-refractivity contribution in [1.29, 1.82) is 0 Å². The summed E-state index contributed by atoms with van der Waals surface area (Å²) in [6.45, 7) is 5.69. The Morgan fingerprint density at radius 2 is 1.64 bits per heavy atom. The Kier molecular flexibility index (Phi) is 6.38. The Hall–Kier alpha value is -2.57. The largest absolute Gasteiger partial charge is 0.453 e. The van der Waals surface area contributed by atoms with Crippen molar-refractivity contribution in [2.24, 2.45) is 0 Å². The SMILES string of the molecule is COC(=O)NC(C)C(=O)N1CCCN(C(=O)c2ccc(C)cc2)CC1. The number of carbonyl (C=O) groups excluding carboxylic acids is 3. The number of nitrogens with one attached hydrogen (secondary N) is 1. The summed E-state index contributed by atoms with van der Waals surface area (Å²) in [5.41, 5.74) is 1.77. The highest BCUT2D eigenvalue weighted by atomic mass is 16.5. The number of amides is 3. The molecule has 1 heterocycles. The van der Waals surface area contributed by atoms with Gasteiger partial charge in [0.25, 0.3) is 5.91 Å². The number of aryl methyl sites for hydroxylation is 1. The van der Waals surface area contributed by atoms with E-state index in [2.05, 4.69) is 10.1 Å². The molecule has 0 aromatic heterocycles. The number of hydrogen-bond donors (Lipinski definition) is 1. The summed E-state index contributed by atoms with van der Waals surface area (Å²) in [5, 5.41) is 2.48. The van der Waals surface area contributed by atoms with E-state index in [0.29, 0.717) is 38.2 Å². The molecule has 7 heteroatoms. The summed E-state index contributed by atoms with van der Waals surface area (Å²) in [6, 6.07) is 6.83. The number of methoxy groups -OCH3 is 1. The minimum Gasteiger partial charge on any atom is -0.453 e. The fraction of sp³-hybridized carbons (Fsp3) is 0.500. The second-order valence-electron chi connectivity index (χ2n) is 6.19. The van der Waals surface area contributed by atoms with E-state index in [-0.39, 0.29) is 11.8 Å². The average Bonchev–Trinajstić information content (AvgIpc) is 2.87. The van der Waals surface area contributed by atoms with E-state index in [1.54, 1.807) is 16.7 Å². The molecule has 0 bridgehead atoms. The van der Waals surface area contributed by atoms with Gasteiger partial charge in [0.05, 0.1) is 7.11 Å². The molecule has 1 aliphatic rings. The van der Waals surface area contributed by atoms with E-state index < -0.39 is 12.1 Å². The lowest BCUT2D eigenvalue weighted by molar-refractivity contribution is -0.132. The molecule has 1 saturated heterocycles. The first-order valence-electron chi connectivity index (χ1n) is 8.41. The maximum absolute atomic E-state index is 12.6. The maximum atomic E-state index is 12.6. The van der Waals surface area contributed by atoms with E-state index in [1.807, 2.05) is 31.2 Å². The van der Waals surface area contributed by atoms with Gasteiger partial charge in [-0.3, -0.25) is 9.59 Å². The minimum absolute atomic E-state index is 0.0185. The van der Waals surface area contributed by atoms with Crippen molar-refractivity contribution >= 4 is 17.9 Å². The molecule has 1 unspecified atom stereocenters. The van der Waals surface area contributed by atoms with Crippen LogP contribution in [0, 0.1) is 6.92 Å². The van der Waals surface area contributed by atoms with Crippen molar-refractivity contribution in [3.8, 4) is 0 Å². The monoisotopic (exact) mass is 347 g/mol. The Labute approximate surface area is 147 Å². The number of alkyl carbamates (subject to hydrolysis) is 1. The third-order valence-corrected chi connectivity index (χ3v) is 4.28. The number of benzene rings is 1. The van der Waals surface area contributed by atoms with Crippen LogP contribution in [-0.4, -0.2) is 67.0 Å². The van der Waals surface area contributed by atoms with Gasteiger partial charge >= 0.3 is 6.09 Å². The lowest BCUT2D eigenvalue weighted by Gasteiger charge is -2.25. The fourth-order valence-corrected chi connectivity index (χ4v) is 2.79. The van der Waals surface area contributed by atoms with Crippen molar-refractivity contribution in [2.75, 3.05) is 33.3 Å². The van der Waals surface area contributed by atoms with E-state index >= 15 is 0 Å². The number of rotatable bonds is 3. The van der Waals surface area contributed by atoms with E-state index in [1.165, 1.54) is 7.11 Å². The predicted octanol–water partition coefficient (Wildman–Crippen LogP) is 1.41. The smallest absolute Gasteiger partial charge is 0.407 e. The highest BCUT2D eigenvalue weighted by molar-refractivity contribution is 5.94. The third-order valence-electron chi connectivity index (χ3n) is 4.28. The van der Waals surface area contributed by atoms with Gasteiger partial charge in [0.2, 0.25) is 5.91 Å². The molecule has 0 spiro atoms. The van der Waals surface area contributed by atoms with Crippen molar-refractivity contribution < 1.29 is 19.1 Å². The standard InChI is InChI=1S/C18H25N3O4/c1-13-5-7-15(8-6-13)17(23)21-10-4-9-20(11-12-21)16(22)14(2)19-18(24)25-3/h5-8,14H,4,9-12H2,1-3H3,(H,19,24).